The number of amides is 2. The molecule has 4 N–H and O–H groups in total. The first-order valence-corrected chi connectivity index (χ1v) is 16.9. The van der Waals surface area contributed by atoms with E-state index >= 15 is 4.39 Å². The quantitative estimate of drug-likeness (QED) is 0.243. The van der Waals surface area contributed by atoms with Crippen LogP contribution in [-0.4, -0.2) is 91.3 Å². The number of β-lactam (4-membered cyclic amide) rings is 1. The molecule has 16 heteroatoms. The van der Waals surface area contributed by atoms with E-state index in [9.17, 15) is 34.2 Å². The van der Waals surface area contributed by atoms with E-state index in [-0.39, 0.29) is 47.5 Å². The zero-order valence-electron chi connectivity index (χ0n) is 25.8. The van der Waals surface area contributed by atoms with E-state index in [1.165, 1.54) is 34.2 Å². The van der Waals surface area contributed by atoms with Gasteiger partial charge in [0.2, 0.25) is 11.3 Å². The van der Waals surface area contributed by atoms with E-state index in [1.54, 1.807) is 9.47 Å². The summed E-state index contributed by atoms with van der Waals surface area (Å²) in [5.74, 6) is -3.77. The Morgan fingerprint density at radius 1 is 1.17 bits per heavy atom. The topological polar surface area (TPSA) is 174 Å². The van der Waals surface area contributed by atoms with E-state index < -0.39 is 51.6 Å². The number of carboxylic acid groups (broad SMARTS) is 2. The predicted molar refractivity (Wildman–Crippen MR) is 174 cm³/mol. The number of nitrogens with one attached hydrogen (secondary N) is 2. The third kappa shape index (κ3) is 6.12. The zero-order valence-corrected chi connectivity index (χ0v) is 27.4. The van der Waals surface area contributed by atoms with Gasteiger partial charge in [-0.25, -0.2) is 19.0 Å². The maximum atomic E-state index is 15.4. The van der Waals surface area contributed by atoms with Crippen LogP contribution in [0.25, 0.3) is 11.0 Å². The van der Waals surface area contributed by atoms with Crippen molar-refractivity contribution in [3.8, 4) is 0 Å². The first kappa shape index (κ1) is 32.7. The number of thiophene rings is 1. The summed E-state index contributed by atoms with van der Waals surface area (Å²) in [4.78, 5) is 70.8. The summed E-state index contributed by atoms with van der Waals surface area (Å²) < 4.78 is 17.0. The van der Waals surface area contributed by atoms with Gasteiger partial charge in [0.25, 0.3) is 5.91 Å². The SMILES string of the molecule is CC(C)(C)n1cc(C(=O)O)c(=O)c2cc(F)c(N3CCC(NCC4=C(C(=O)O)N5C(=O)C(NC(=O)Cc6cccs6)C5SC4)C3)nc21. The lowest BCUT2D eigenvalue weighted by molar-refractivity contribution is -0.150. The van der Waals surface area contributed by atoms with Gasteiger partial charge in [0.05, 0.1) is 11.8 Å². The fraction of sp³-hybridized carbons (Fsp3) is 0.419. The van der Waals surface area contributed by atoms with Crippen molar-refractivity contribution < 1.29 is 33.8 Å². The number of aromatic nitrogens is 2. The number of hydrogen-bond acceptors (Lipinski definition) is 10. The smallest absolute Gasteiger partial charge is 0.352 e. The van der Waals surface area contributed by atoms with Crippen LogP contribution in [0.1, 0.15) is 42.4 Å². The molecule has 2 fully saturated rings. The summed E-state index contributed by atoms with van der Waals surface area (Å²) in [6.07, 6.45) is 1.98. The lowest BCUT2D eigenvalue weighted by Crippen LogP contribution is -2.70. The highest BCUT2D eigenvalue weighted by molar-refractivity contribution is 8.00. The number of fused-ring (bicyclic) bond motifs is 2. The number of carbonyl (C=O) groups excluding carboxylic acids is 2. The van der Waals surface area contributed by atoms with E-state index in [2.05, 4.69) is 15.6 Å². The molecule has 3 aliphatic heterocycles. The van der Waals surface area contributed by atoms with Crippen molar-refractivity contribution in [1.82, 2.24) is 25.1 Å². The van der Waals surface area contributed by atoms with Crippen LogP contribution in [0, 0.1) is 5.82 Å². The summed E-state index contributed by atoms with van der Waals surface area (Å²) in [5, 5.41) is 26.9. The minimum Gasteiger partial charge on any atom is -0.477 e. The van der Waals surface area contributed by atoms with Gasteiger partial charge >= 0.3 is 11.9 Å². The molecule has 6 heterocycles. The Morgan fingerprint density at radius 2 is 1.94 bits per heavy atom. The van der Waals surface area contributed by atoms with Crippen LogP contribution in [-0.2, 0) is 26.3 Å². The van der Waals surface area contributed by atoms with Gasteiger partial charge in [-0.15, -0.1) is 23.1 Å². The second-order valence-corrected chi connectivity index (χ2v) is 14.8. The second kappa shape index (κ2) is 12.4. The van der Waals surface area contributed by atoms with E-state index in [0.29, 0.717) is 30.8 Å². The minimum absolute atomic E-state index is 0.0297. The minimum atomic E-state index is -1.41. The Morgan fingerprint density at radius 3 is 2.60 bits per heavy atom. The first-order valence-electron chi connectivity index (χ1n) is 14.9. The molecule has 2 amide bonds. The second-order valence-electron chi connectivity index (χ2n) is 12.7. The summed E-state index contributed by atoms with van der Waals surface area (Å²) >= 11 is 2.83. The van der Waals surface area contributed by atoms with Crippen LogP contribution in [0.2, 0.25) is 0 Å². The highest BCUT2D eigenvalue weighted by Crippen LogP contribution is 2.40. The Kier molecular flexibility index (Phi) is 8.61. The van der Waals surface area contributed by atoms with Crippen LogP contribution in [0.15, 0.2) is 45.8 Å². The Balaban J connectivity index is 1.15. The third-order valence-corrected chi connectivity index (χ3v) is 10.7. The van der Waals surface area contributed by atoms with E-state index in [0.717, 1.165) is 10.9 Å². The molecule has 3 unspecified atom stereocenters. The molecular formula is C31H33FN6O7S2. The monoisotopic (exact) mass is 684 g/mol. The maximum Gasteiger partial charge on any atom is 0.352 e. The highest BCUT2D eigenvalue weighted by atomic mass is 32.2. The molecule has 0 saturated carbocycles. The van der Waals surface area contributed by atoms with Crippen molar-refractivity contribution in [2.24, 2.45) is 0 Å². The molecule has 3 aromatic rings. The van der Waals surface area contributed by atoms with E-state index in [1.807, 2.05) is 38.3 Å². The number of aliphatic carboxylic acids is 1. The average Bonchev–Trinajstić information content (AvgIpc) is 3.70. The van der Waals surface area contributed by atoms with Gasteiger partial charge in [-0.2, -0.15) is 0 Å². The summed E-state index contributed by atoms with van der Waals surface area (Å²) in [6.45, 7) is 6.43. The standard InChI is InChI=1S/C31H33FN6O7S2/c1-31(2,3)37-13-19(29(42)43)24(40)18-10-20(32)26(35-25(18)37)36-7-6-16(12-36)33-11-15-14-47-28-22(27(41)38(28)23(15)30(44)45)34-21(39)9-17-5-4-8-46-17/h4-5,8,10,13,16,22,28,33H,6-7,9,11-12,14H2,1-3H3,(H,34,39)(H,42,43)(H,44,45). The van der Waals surface area contributed by atoms with E-state index in [4.69, 9.17) is 0 Å². The molecule has 47 heavy (non-hydrogen) atoms. The fourth-order valence-corrected chi connectivity index (χ4v) is 8.15. The van der Waals surface area contributed by atoms with Gasteiger partial charge in [0.15, 0.2) is 11.6 Å². The number of carboxylic acids is 2. The number of pyridine rings is 2. The van der Waals surface area contributed by atoms with Crippen molar-refractivity contribution in [2.45, 2.75) is 56.6 Å². The van der Waals surface area contributed by atoms with Crippen molar-refractivity contribution in [3.63, 3.8) is 0 Å². The van der Waals surface area contributed by atoms with Crippen LogP contribution in [0.3, 0.4) is 0 Å². The fourth-order valence-electron chi connectivity index (χ4n) is 6.10. The number of anilines is 1. The number of thioether (sulfide) groups is 1. The van der Waals surface area contributed by atoms with Gasteiger partial charge < -0.3 is 30.3 Å². The predicted octanol–water partition coefficient (Wildman–Crippen LogP) is 2.20. The van der Waals surface area contributed by atoms with Gasteiger partial charge in [-0.05, 0) is 50.3 Å². The molecule has 2 saturated heterocycles. The summed E-state index contributed by atoms with van der Waals surface area (Å²) in [5.41, 5.74) is -1.32. The van der Waals surface area contributed by atoms with Crippen molar-refractivity contribution in [3.05, 3.63) is 67.5 Å². The highest BCUT2D eigenvalue weighted by Gasteiger charge is 2.54. The van der Waals surface area contributed by atoms with Crippen LogP contribution in [0.4, 0.5) is 10.2 Å². The molecule has 6 rings (SSSR count). The van der Waals surface area contributed by atoms with Gasteiger partial charge in [-0.3, -0.25) is 19.3 Å². The van der Waals surface area contributed by atoms with Crippen molar-refractivity contribution in [1.29, 1.82) is 0 Å². The molecule has 3 aliphatic rings. The maximum absolute atomic E-state index is 15.4. The molecule has 13 nitrogen and oxygen atoms in total. The number of halogens is 1. The third-order valence-electron chi connectivity index (χ3n) is 8.44. The van der Waals surface area contributed by atoms with Crippen molar-refractivity contribution in [2.75, 3.05) is 30.3 Å². The molecule has 3 atom stereocenters. The van der Waals surface area contributed by atoms with Gasteiger partial charge in [0.1, 0.15) is 28.3 Å². The molecule has 3 aromatic heterocycles. The number of carbonyl (C=O) groups is 4. The normalized spacial score (nSPS) is 21.2. The van der Waals surface area contributed by atoms with Crippen LogP contribution >= 0.6 is 23.1 Å². The summed E-state index contributed by atoms with van der Waals surface area (Å²) in [6, 6.07) is 3.76. The molecular weight excluding hydrogens is 652 g/mol. The molecule has 0 radical (unpaired) electrons. The lowest BCUT2D eigenvalue weighted by atomic mass is 10.0. The van der Waals surface area contributed by atoms with Crippen molar-refractivity contribution >= 4 is 63.7 Å². The Bertz CT molecular complexity index is 1890. The lowest BCUT2D eigenvalue weighted by Gasteiger charge is -2.49. The molecule has 0 bridgehead atoms. The summed E-state index contributed by atoms with van der Waals surface area (Å²) in [7, 11) is 0. The number of hydrogen-bond donors (Lipinski definition) is 4. The number of rotatable bonds is 9. The molecule has 0 spiro atoms. The largest absolute Gasteiger partial charge is 0.477 e. The molecule has 0 aromatic carbocycles. The Hall–Kier alpha value is -4.28. The zero-order chi connectivity index (χ0) is 33.8. The first-order chi connectivity index (χ1) is 22.2. The Labute approximate surface area is 276 Å². The van der Waals surface area contributed by atoms with Crippen LogP contribution in [0.5, 0.6) is 0 Å². The van der Waals surface area contributed by atoms with Gasteiger partial charge in [0, 0.05) is 48.0 Å². The molecule has 248 valence electrons. The average molecular weight is 685 g/mol. The van der Waals surface area contributed by atoms with Crippen LogP contribution < -0.4 is 21.0 Å². The number of aromatic carboxylic acids is 1. The number of nitrogens with zero attached hydrogens (tertiary/aromatic N) is 4. The molecule has 0 aliphatic carbocycles. The van der Waals surface area contributed by atoms with Gasteiger partial charge in [-0.1, -0.05) is 6.07 Å².